The van der Waals surface area contributed by atoms with Gasteiger partial charge in [-0.2, -0.15) is 0 Å². The number of carboxylic acids is 2. The van der Waals surface area contributed by atoms with Crippen molar-refractivity contribution in [2.24, 2.45) is 0 Å². The lowest BCUT2D eigenvalue weighted by atomic mass is 10.6. The first-order valence-corrected chi connectivity index (χ1v) is 1.59. The van der Waals surface area contributed by atoms with E-state index in [1.165, 1.54) is 11.8 Å². The van der Waals surface area contributed by atoms with E-state index in [1.54, 1.807) is 0 Å². The summed E-state index contributed by atoms with van der Waals surface area (Å²) in [6.45, 7) is 0. The lowest BCUT2D eigenvalue weighted by Crippen LogP contribution is -1.92. The van der Waals surface area contributed by atoms with Crippen LogP contribution in [0.4, 0.5) is 0 Å². The van der Waals surface area contributed by atoms with Crippen LogP contribution < -0.4 is 0 Å². The van der Waals surface area contributed by atoms with Gasteiger partial charge in [0.2, 0.25) is 0 Å². The average Bonchev–Trinajstić information content (AvgIpc) is 1.83. The lowest BCUT2D eigenvalue weighted by Gasteiger charge is -1.68. The minimum atomic E-state index is -1.43. The highest BCUT2D eigenvalue weighted by atomic mass is 16.4. The SMILES string of the molecule is [2H]OC(=O)C#CC(=O)O. The molecule has 0 saturated carbocycles. The summed E-state index contributed by atoms with van der Waals surface area (Å²) in [4.78, 5) is 19.4. The summed E-state index contributed by atoms with van der Waals surface area (Å²) in [5.41, 5.74) is 0. The van der Waals surface area contributed by atoms with Crippen LogP contribution in [0.1, 0.15) is 0 Å². The van der Waals surface area contributed by atoms with E-state index < -0.39 is 11.9 Å². The number of carboxylic acid groups (broad SMARTS) is 2. The second-order valence-corrected chi connectivity index (χ2v) is 0.843. The molecule has 4 nitrogen and oxygen atoms in total. The highest BCUT2D eigenvalue weighted by Gasteiger charge is 1.86. The van der Waals surface area contributed by atoms with E-state index in [9.17, 15) is 9.59 Å². The molecule has 0 saturated heterocycles. The first-order valence-electron chi connectivity index (χ1n) is 1.99. The van der Waals surface area contributed by atoms with E-state index in [1.807, 2.05) is 0 Å². The first-order chi connectivity index (χ1) is 4.16. The molecule has 0 aromatic carbocycles. The molecule has 0 aromatic heterocycles. The molecule has 0 aliphatic carbocycles. The lowest BCUT2D eigenvalue weighted by molar-refractivity contribution is -0.132. The van der Waals surface area contributed by atoms with Gasteiger partial charge in [0.15, 0.2) is 0 Å². The van der Waals surface area contributed by atoms with Gasteiger partial charge in [-0.1, -0.05) is 0 Å². The van der Waals surface area contributed by atoms with E-state index in [2.05, 4.69) is 5.11 Å². The van der Waals surface area contributed by atoms with E-state index in [4.69, 9.17) is 6.54 Å². The normalized spacial score (nSPS) is 7.75. The van der Waals surface area contributed by atoms with Crippen LogP contribution in [0, 0.1) is 11.8 Å². The quantitative estimate of drug-likeness (QED) is 0.403. The van der Waals surface area contributed by atoms with Crippen molar-refractivity contribution in [1.29, 1.82) is 1.43 Å². The minimum Gasteiger partial charge on any atom is -0.472 e. The summed E-state index contributed by atoms with van der Waals surface area (Å²) < 4.78 is 5.91. The maximum atomic E-state index is 9.87. The molecule has 0 aromatic rings. The third-order valence-electron chi connectivity index (χ3n) is 0.271. The van der Waals surface area contributed by atoms with E-state index in [0.29, 0.717) is 0 Å². The molecule has 0 aliphatic heterocycles. The zero-order chi connectivity index (χ0) is 7.28. The Kier molecular flexibility index (Phi) is 1.53. The van der Waals surface area contributed by atoms with Gasteiger partial charge in [0.25, 0.3) is 1.43 Å². The summed E-state index contributed by atoms with van der Waals surface area (Å²) >= 11 is 0. The molecule has 0 atom stereocenters. The Morgan fingerprint density at radius 2 is 1.88 bits per heavy atom. The molecule has 2 N–H and O–H groups in total. The highest BCUT2D eigenvalue weighted by molar-refractivity contribution is 5.96. The predicted molar refractivity (Wildman–Crippen MR) is 23.0 cm³/mol. The molecular weight excluding hydrogens is 112 g/mol. The zero-order valence-electron chi connectivity index (χ0n) is 4.67. The summed E-state index contributed by atoms with van der Waals surface area (Å²) in [5, 5.41) is 11.1. The Balaban J connectivity index is 3.88. The van der Waals surface area contributed by atoms with Crippen molar-refractivity contribution >= 4 is 11.9 Å². The third kappa shape index (κ3) is 4.50. The molecule has 0 amide bonds. The zero-order valence-corrected chi connectivity index (χ0v) is 3.67. The molecule has 4 heteroatoms. The minimum absolute atomic E-state index is 1.18. The van der Waals surface area contributed by atoms with Crippen LogP contribution in [0.5, 0.6) is 0 Å². The van der Waals surface area contributed by atoms with Crippen LogP contribution in [0.15, 0.2) is 0 Å². The van der Waals surface area contributed by atoms with Crippen LogP contribution in [-0.4, -0.2) is 22.2 Å². The number of aliphatic carboxylic acids is 2. The van der Waals surface area contributed by atoms with Crippen molar-refractivity contribution in [2.75, 3.05) is 0 Å². The van der Waals surface area contributed by atoms with Gasteiger partial charge in [-0.3, -0.25) is 0 Å². The van der Waals surface area contributed by atoms with Gasteiger partial charge in [0.1, 0.15) is 0 Å². The Morgan fingerprint density at radius 1 is 1.38 bits per heavy atom. The summed E-state index contributed by atoms with van der Waals surface area (Å²) in [5.74, 6) is 0.389. The van der Waals surface area contributed by atoms with E-state index >= 15 is 0 Å². The fraction of sp³-hybridized carbons (Fsp3) is 0. The number of hydrogen-bond donors (Lipinski definition) is 2. The van der Waals surface area contributed by atoms with Gasteiger partial charge >= 0.3 is 11.9 Å². The first kappa shape index (κ1) is 4.65. The van der Waals surface area contributed by atoms with Gasteiger partial charge in [-0.15, -0.1) is 0 Å². The second-order valence-electron chi connectivity index (χ2n) is 0.843. The molecule has 8 heavy (non-hydrogen) atoms. The van der Waals surface area contributed by atoms with Gasteiger partial charge in [0, 0.05) is 11.8 Å². The summed E-state index contributed by atoms with van der Waals surface area (Å²) in [7, 11) is 0. The molecule has 0 fully saturated rings. The van der Waals surface area contributed by atoms with Crippen LogP contribution in [0.3, 0.4) is 0 Å². The average molecular weight is 115 g/mol. The maximum Gasteiger partial charge on any atom is 0.382 e. The van der Waals surface area contributed by atoms with Crippen molar-refractivity contribution in [3.63, 3.8) is 0 Å². The van der Waals surface area contributed by atoms with Crippen LogP contribution in [0.25, 0.3) is 1.43 Å². The van der Waals surface area contributed by atoms with Gasteiger partial charge in [-0.25, -0.2) is 9.59 Å². The Bertz CT molecular complexity index is 186. The molecule has 0 spiro atoms. The Hall–Kier alpha value is -1.50. The number of rotatable bonds is 0. The molecule has 0 heterocycles. The van der Waals surface area contributed by atoms with Crippen LogP contribution >= 0.6 is 0 Å². The number of carbonyl (C=O) groups is 2. The van der Waals surface area contributed by atoms with Gasteiger partial charge < -0.3 is 10.2 Å². The smallest absolute Gasteiger partial charge is 0.382 e. The molecule has 0 aliphatic rings. The fourth-order valence-corrected chi connectivity index (χ4v) is 0.104. The molecule has 0 unspecified atom stereocenters. The summed E-state index contributed by atoms with van der Waals surface area (Å²) in [6.07, 6.45) is 0. The van der Waals surface area contributed by atoms with Crippen molar-refractivity contribution in [3.8, 4) is 11.8 Å². The molecule has 0 rings (SSSR count). The van der Waals surface area contributed by atoms with Crippen molar-refractivity contribution < 1.29 is 19.8 Å². The van der Waals surface area contributed by atoms with Gasteiger partial charge in [0.05, 0.1) is 0 Å². The maximum absolute atomic E-state index is 9.87. The van der Waals surface area contributed by atoms with Crippen molar-refractivity contribution in [1.82, 2.24) is 0 Å². The van der Waals surface area contributed by atoms with Crippen molar-refractivity contribution in [3.05, 3.63) is 0 Å². The standard InChI is InChI=1S/C4H2O4/c5-3(6)1-2-4(7)8/h(H,5,6)(H,7,8)/i/hD. The predicted octanol–water partition coefficient (Wildman–Crippen LogP) is -0.841. The third-order valence-corrected chi connectivity index (χ3v) is 0.271. The largest absolute Gasteiger partial charge is 0.472 e. The molecular formula is C4H2O4. The highest BCUT2D eigenvalue weighted by Crippen LogP contribution is 1.57. The van der Waals surface area contributed by atoms with Gasteiger partial charge in [-0.05, 0) is 0 Å². The molecule has 42 valence electrons. The molecule has 0 radical (unpaired) electrons. The summed E-state index contributed by atoms with van der Waals surface area (Å²) in [6, 6.07) is 0. The van der Waals surface area contributed by atoms with Crippen LogP contribution in [0.2, 0.25) is 0 Å². The van der Waals surface area contributed by atoms with E-state index in [0.717, 1.165) is 0 Å². The Morgan fingerprint density at radius 3 is 2.25 bits per heavy atom. The van der Waals surface area contributed by atoms with Crippen molar-refractivity contribution in [2.45, 2.75) is 0 Å². The Labute approximate surface area is 46.2 Å². The fourth-order valence-electron chi connectivity index (χ4n) is 0.104. The van der Waals surface area contributed by atoms with Crippen LogP contribution in [-0.2, 0) is 9.59 Å². The topological polar surface area (TPSA) is 74.6 Å². The monoisotopic (exact) mass is 115 g/mol. The second kappa shape index (κ2) is 2.64. The van der Waals surface area contributed by atoms with E-state index in [-0.39, 0.29) is 0 Å². The molecule has 0 bridgehead atoms. The number of hydrogen-bond acceptors (Lipinski definition) is 3.